The van der Waals surface area contributed by atoms with Gasteiger partial charge in [0.15, 0.2) is 0 Å². The fourth-order valence-corrected chi connectivity index (χ4v) is 2.73. The number of benzene rings is 1. The van der Waals surface area contributed by atoms with Crippen molar-refractivity contribution in [3.8, 4) is 11.5 Å². The number of ether oxygens (including phenoxy) is 3. The molecule has 2 atom stereocenters. The minimum Gasteiger partial charge on any atom is -0.497 e. The van der Waals surface area contributed by atoms with Gasteiger partial charge >= 0.3 is 0 Å². The Morgan fingerprint density at radius 1 is 1.35 bits per heavy atom. The lowest BCUT2D eigenvalue weighted by atomic mass is 9.91. The van der Waals surface area contributed by atoms with Crippen LogP contribution in [0.2, 0.25) is 0 Å². The zero-order valence-electron chi connectivity index (χ0n) is 12.6. The van der Waals surface area contributed by atoms with Crippen LogP contribution < -0.4 is 14.8 Å². The molecule has 0 spiro atoms. The summed E-state index contributed by atoms with van der Waals surface area (Å²) >= 11 is 0. The normalized spacial score (nSPS) is 19.9. The highest BCUT2D eigenvalue weighted by Gasteiger charge is 2.29. The second kappa shape index (κ2) is 7.50. The first-order valence-electron chi connectivity index (χ1n) is 7.33. The molecule has 2 unspecified atom stereocenters. The topological polar surface area (TPSA) is 39.7 Å². The molecule has 4 heteroatoms. The van der Waals surface area contributed by atoms with E-state index in [4.69, 9.17) is 14.2 Å². The summed E-state index contributed by atoms with van der Waals surface area (Å²) in [6, 6.07) is 6.24. The third kappa shape index (κ3) is 3.44. The number of methoxy groups -OCH3 is 2. The van der Waals surface area contributed by atoms with Gasteiger partial charge in [0.2, 0.25) is 0 Å². The van der Waals surface area contributed by atoms with Crippen molar-refractivity contribution in [2.75, 3.05) is 34.0 Å². The largest absolute Gasteiger partial charge is 0.497 e. The Balaban J connectivity index is 2.29. The quantitative estimate of drug-likeness (QED) is 0.833. The van der Waals surface area contributed by atoms with Crippen LogP contribution in [0, 0.1) is 5.92 Å². The van der Waals surface area contributed by atoms with E-state index in [1.165, 1.54) is 0 Å². The molecule has 1 heterocycles. The predicted molar refractivity (Wildman–Crippen MR) is 79.5 cm³/mol. The molecular weight excluding hydrogens is 254 g/mol. The molecule has 0 saturated carbocycles. The van der Waals surface area contributed by atoms with Gasteiger partial charge in [0.25, 0.3) is 0 Å². The molecule has 112 valence electrons. The van der Waals surface area contributed by atoms with E-state index in [1.807, 2.05) is 12.1 Å². The van der Waals surface area contributed by atoms with Gasteiger partial charge in [-0.05, 0) is 37.6 Å². The van der Waals surface area contributed by atoms with Crippen LogP contribution in [0.15, 0.2) is 18.2 Å². The molecule has 2 rings (SSSR count). The van der Waals surface area contributed by atoms with Crippen LogP contribution >= 0.6 is 0 Å². The molecule has 1 saturated heterocycles. The summed E-state index contributed by atoms with van der Waals surface area (Å²) in [6.45, 7) is 4.82. The summed E-state index contributed by atoms with van der Waals surface area (Å²) in [5.74, 6) is 2.26. The Labute approximate surface area is 121 Å². The Morgan fingerprint density at radius 2 is 2.20 bits per heavy atom. The lowest BCUT2D eigenvalue weighted by Gasteiger charge is -2.26. The standard InChI is InChI=1S/C16H25NO3/c1-4-8-17-16(12-7-9-20-11-12)14-10-13(18-2)5-6-15(14)19-3/h5-6,10,12,16-17H,4,7-9,11H2,1-3H3. The van der Waals surface area contributed by atoms with Crippen molar-refractivity contribution >= 4 is 0 Å². The van der Waals surface area contributed by atoms with Gasteiger partial charge in [-0.25, -0.2) is 0 Å². The first-order chi connectivity index (χ1) is 9.80. The molecule has 0 radical (unpaired) electrons. The molecule has 0 aromatic heterocycles. The monoisotopic (exact) mass is 279 g/mol. The number of hydrogen-bond donors (Lipinski definition) is 1. The van der Waals surface area contributed by atoms with Crippen molar-refractivity contribution < 1.29 is 14.2 Å². The lowest BCUT2D eigenvalue weighted by molar-refractivity contribution is 0.176. The highest BCUT2D eigenvalue weighted by molar-refractivity contribution is 5.42. The van der Waals surface area contributed by atoms with Gasteiger partial charge in [0.05, 0.1) is 20.8 Å². The van der Waals surface area contributed by atoms with Crippen LogP contribution in [0.3, 0.4) is 0 Å². The van der Waals surface area contributed by atoms with Crippen LogP contribution in [0.25, 0.3) is 0 Å². The van der Waals surface area contributed by atoms with E-state index in [2.05, 4.69) is 18.3 Å². The third-order valence-electron chi connectivity index (χ3n) is 3.82. The zero-order chi connectivity index (χ0) is 14.4. The van der Waals surface area contributed by atoms with Crippen LogP contribution in [0.1, 0.15) is 31.4 Å². The second-order valence-electron chi connectivity index (χ2n) is 5.16. The summed E-state index contributed by atoms with van der Waals surface area (Å²) in [5.41, 5.74) is 1.16. The van der Waals surface area contributed by atoms with Crippen molar-refractivity contribution in [1.29, 1.82) is 0 Å². The summed E-state index contributed by atoms with van der Waals surface area (Å²) in [6.07, 6.45) is 2.19. The maximum absolute atomic E-state index is 5.56. The number of nitrogens with one attached hydrogen (secondary N) is 1. The fraction of sp³-hybridized carbons (Fsp3) is 0.625. The van der Waals surface area contributed by atoms with Crippen molar-refractivity contribution in [1.82, 2.24) is 5.32 Å². The molecule has 0 amide bonds. The van der Waals surface area contributed by atoms with Gasteiger partial charge in [-0.3, -0.25) is 0 Å². The van der Waals surface area contributed by atoms with Gasteiger partial charge < -0.3 is 19.5 Å². The third-order valence-corrected chi connectivity index (χ3v) is 3.82. The summed E-state index contributed by atoms with van der Waals surface area (Å²) in [4.78, 5) is 0. The minimum absolute atomic E-state index is 0.252. The Morgan fingerprint density at radius 3 is 2.80 bits per heavy atom. The molecular formula is C16H25NO3. The van der Waals surface area contributed by atoms with E-state index >= 15 is 0 Å². The molecule has 1 fully saturated rings. The molecule has 1 N–H and O–H groups in total. The maximum atomic E-state index is 5.56. The molecule has 0 aliphatic carbocycles. The zero-order valence-corrected chi connectivity index (χ0v) is 12.6. The Hall–Kier alpha value is -1.26. The Kier molecular flexibility index (Phi) is 5.68. The highest BCUT2D eigenvalue weighted by atomic mass is 16.5. The summed E-state index contributed by atoms with van der Waals surface area (Å²) < 4.78 is 16.4. The Bertz CT molecular complexity index is 416. The molecule has 20 heavy (non-hydrogen) atoms. The van der Waals surface area contributed by atoms with Crippen molar-refractivity contribution in [3.05, 3.63) is 23.8 Å². The summed E-state index contributed by atoms with van der Waals surface area (Å²) in [7, 11) is 3.41. The molecule has 1 aliphatic heterocycles. The van der Waals surface area contributed by atoms with E-state index < -0.39 is 0 Å². The minimum atomic E-state index is 0.252. The van der Waals surface area contributed by atoms with Crippen molar-refractivity contribution in [2.24, 2.45) is 5.92 Å². The van der Waals surface area contributed by atoms with E-state index in [9.17, 15) is 0 Å². The lowest BCUT2D eigenvalue weighted by Crippen LogP contribution is -2.29. The van der Waals surface area contributed by atoms with E-state index in [-0.39, 0.29) is 6.04 Å². The van der Waals surface area contributed by atoms with Gasteiger partial charge in [-0.15, -0.1) is 0 Å². The summed E-state index contributed by atoms with van der Waals surface area (Å²) in [5, 5.41) is 3.64. The molecule has 1 aromatic rings. The second-order valence-corrected chi connectivity index (χ2v) is 5.16. The van der Waals surface area contributed by atoms with Gasteiger partial charge in [0, 0.05) is 24.1 Å². The number of rotatable bonds is 7. The highest BCUT2D eigenvalue weighted by Crippen LogP contribution is 2.36. The molecule has 4 nitrogen and oxygen atoms in total. The average molecular weight is 279 g/mol. The molecule has 0 bridgehead atoms. The number of hydrogen-bond acceptors (Lipinski definition) is 4. The predicted octanol–water partition coefficient (Wildman–Crippen LogP) is 2.78. The van der Waals surface area contributed by atoms with Gasteiger partial charge in [-0.1, -0.05) is 6.92 Å². The first kappa shape index (κ1) is 15.1. The smallest absolute Gasteiger partial charge is 0.123 e. The van der Waals surface area contributed by atoms with Crippen LogP contribution in [0.5, 0.6) is 11.5 Å². The molecule has 1 aromatic carbocycles. The van der Waals surface area contributed by atoms with Gasteiger partial charge in [0.1, 0.15) is 11.5 Å². The van der Waals surface area contributed by atoms with Crippen molar-refractivity contribution in [3.63, 3.8) is 0 Å². The first-order valence-corrected chi connectivity index (χ1v) is 7.33. The van der Waals surface area contributed by atoms with Crippen LogP contribution in [-0.4, -0.2) is 34.0 Å². The molecule has 1 aliphatic rings. The van der Waals surface area contributed by atoms with Crippen molar-refractivity contribution in [2.45, 2.75) is 25.8 Å². The van der Waals surface area contributed by atoms with E-state index in [1.54, 1.807) is 14.2 Å². The fourth-order valence-electron chi connectivity index (χ4n) is 2.73. The maximum Gasteiger partial charge on any atom is 0.123 e. The average Bonchev–Trinajstić information content (AvgIpc) is 3.01. The van der Waals surface area contributed by atoms with E-state index in [0.717, 1.165) is 49.7 Å². The van der Waals surface area contributed by atoms with E-state index in [0.29, 0.717) is 5.92 Å². The SMILES string of the molecule is CCCNC(c1cc(OC)ccc1OC)C1CCOC1. The van der Waals surface area contributed by atoms with Crippen LogP contribution in [-0.2, 0) is 4.74 Å². The van der Waals surface area contributed by atoms with Gasteiger partial charge in [-0.2, -0.15) is 0 Å². The van der Waals surface area contributed by atoms with Crippen LogP contribution in [0.4, 0.5) is 0 Å².